The first-order valence-electron chi connectivity index (χ1n) is 9.04. The van der Waals surface area contributed by atoms with Gasteiger partial charge in [0.1, 0.15) is 18.2 Å². The summed E-state index contributed by atoms with van der Waals surface area (Å²) in [5.41, 5.74) is 4.78. The standard InChI is InChI=1S/C22H25N3O2/c1-15(2)22(26)23-14-21-24-18-9-5-6-10-19(18)25(21)12-13-27-20-11-7-8-16(3)17(20)4/h5-11H,1,12-14H2,2-4H3,(H,23,26). The summed E-state index contributed by atoms with van der Waals surface area (Å²) in [4.78, 5) is 16.5. The lowest BCUT2D eigenvalue weighted by Crippen LogP contribution is -2.25. The second kappa shape index (κ2) is 8.08. The zero-order chi connectivity index (χ0) is 19.4. The normalized spacial score (nSPS) is 10.8. The number of carbonyl (C=O) groups excluding carboxylic acids is 1. The zero-order valence-corrected chi connectivity index (χ0v) is 16.1. The number of fused-ring (bicyclic) bond motifs is 1. The van der Waals surface area contributed by atoms with Crippen molar-refractivity contribution in [2.24, 2.45) is 0 Å². The molecule has 3 rings (SSSR count). The molecule has 2 aromatic carbocycles. The maximum absolute atomic E-state index is 11.8. The second-order valence-electron chi connectivity index (χ2n) is 6.68. The largest absolute Gasteiger partial charge is 0.491 e. The minimum atomic E-state index is -0.166. The third-order valence-electron chi connectivity index (χ3n) is 4.66. The highest BCUT2D eigenvalue weighted by Crippen LogP contribution is 2.21. The first-order chi connectivity index (χ1) is 13.0. The molecule has 0 aliphatic heterocycles. The average molecular weight is 363 g/mol. The minimum Gasteiger partial charge on any atom is -0.491 e. The predicted octanol–water partition coefficient (Wildman–Crippen LogP) is 3.92. The van der Waals surface area contributed by atoms with Crippen molar-refractivity contribution in [3.63, 3.8) is 0 Å². The van der Waals surface area contributed by atoms with Gasteiger partial charge in [-0.2, -0.15) is 0 Å². The number of ether oxygens (including phenoxy) is 1. The van der Waals surface area contributed by atoms with Crippen molar-refractivity contribution in [3.8, 4) is 5.75 Å². The number of para-hydroxylation sites is 2. The van der Waals surface area contributed by atoms with Crippen LogP contribution in [0.25, 0.3) is 11.0 Å². The fourth-order valence-corrected chi connectivity index (χ4v) is 2.95. The van der Waals surface area contributed by atoms with Crippen molar-refractivity contribution in [1.29, 1.82) is 0 Å². The molecule has 0 aliphatic carbocycles. The van der Waals surface area contributed by atoms with Gasteiger partial charge in [-0.25, -0.2) is 4.98 Å². The fraction of sp³-hybridized carbons (Fsp3) is 0.273. The summed E-state index contributed by atoms with van der Waals surface area (Å²) in [7, 11) is 0. The van der Waals surface area contributed by atoms with E-state index in [1.165, 1.54) is 5.56 Å². The Morgan fingerprint density at radius 2 is 1.96 bits per heavy atom. The smallest absolute Gasteiger partial charge is 0.246 e. The van der Waals surface area contributed by atoms with Gasteiger partial charge in [0.15, 0.2) is 0 Å². The van der Waals surface area contributed by atoms with Gasteiger partial charge in [-0.1, -0.05) is 30.8 Å². The minimum absolute atomic E-state index is 0.166. The van der Waals surface area contributed by atoms with E-state index in [1.807, 2.05) is 36.4 Å². The molecule has 1 N–H and O–H groups in total. The third-order valence-corrected chi connectivity index (χ3v) is 4.66. The van der Waals surface area contributed by atoms with Crippen LogP contribution in [-0.2, 0) is 17.9 Å². The Balaban J connectivity index is 1.77. The first-order valence-corrected chi connectivity index (χ1v) is 9.04. The van der Waals surface area contributed by atoms with Crippen LogP contribution < -0.4 is 10.1 Å². The quantitative estimate of drug-likeness (QED) is 0.647. The highest BCUT2D eigenvalue weighted by Gasteiger charge is 2.12. The third kappa shape index (κ3) is 4.19. The molecular formula is C22H25N3O2. The Labute approximate surface area is 159 Å². The molecule has 0 atom stereocenters. The van der Waals surface area contributed by atoms with Crippen LogP contribution >= 0.6 is 0 Å². The molecule has 27 heavy (non-hydrogen) atoms. The van der Waals surface area contributed by atoms with Crippen LogP contribution in [0, 0.1) is 13.8 Å². The molecule has 5 nitrogen and oxygen atoms in total. The van der Waals surface area contributed by atoms with E-state index in [9.17, 15) is 4.79 Å². The maximum atomic E-state index is 11.8. The van der Waals surface area contributed by atoms with Gasteiger partial charge in [-0.3, -0.25) is 4.79 Å². The summed E-state index contributed by atoms with van der Waals surface area (Å²) in [5, 5.41) is 2.86. The molecule has 0 spiro atoms. The number of hydrogen-bond acceptors (Lipinski definition) is 3. The number of imidazole rings is 1. The SMILES string of the molecule is C=C(C)C(=O)NCc1nc2ccccc2n1CCOc1cccc(C)c1C. The summed E-state index contributed by atoms with van der Waals surface area (Å²) in [6.07, 6.45) is 0. The fourth-order valence-electron chi connectivity index (χ4n) is 2.95. The second-order valence-corrected chi connectivity index (χ2v) is 6.68. The van der Waals surface area contributed by atoms with Crippen molar-refractivity contribution in [1.82, 2.24) is 14.9 Å². The van der Waals surface area contributed by atoms with Crippen LogP contribution in [0.5, 0.6) is 5.75 Å². The van der Waals surface area contributed by atoms with Crippen molar-refractivity contribution >= 4 is 16.9 Å². The van der Waals surface area contributed by atoms with Gasteiger partial charge < -0.3 is 14.6 Å². The van der Waals surface area contributed by atoms with E-state index in [4.69, 9.17) is 4.74 Å². The van der Waals surface area contributed by atoms with Gasteiger partial charge in [0, 0.05) is 5.57 Å². The molecule has 0 unspecified atom stereocenters. The number of rotatable bonds is 7. The molecule has 0 radical (unpaired) electrons. The molecule has 1 amide bonds. The number of carbonyl (C=O) groups is 1. The molecule has 0 aliphatic rings. The molecule has 0 saturated heterocycles. The van der Waals surface area contributed by atoms with Gasteiger partial charge in [0.2, 0.25) is 5.91 Å². The number of aryl methyl sites for hydroxylation is 1. The Morgan fingerprint density at radius 3 is 2.74 bits per heavy atom. The molecule has 3 aromatic rings. The van der Waals surface area contributed by atoms with Crippen LogP contribution in [0.15, 0.2) is 54.6 Å². The molecule has 0 saturated carbocycles. The van der Waals surface area contributed by atoms with Crippen LogP contribution in [0.2, 0.25) is 0 Å². The number of nitrogens with zero attached hydrogens (tertiary/aromatic N) is 2. The molecule has 0 bridgehead atoms. The number of aromatic nitrogens is 2. The van der Waals surface area contributed by atoms with Crippen molar-refractivity contribution in [2.75, 3.05) is 6.61 Å². The van der Waals surface area contributed by atoms with E-state index in [0.717, 1.165) is 28.2 Å². The van der Waals surface area contributed by atoms with E-state index < -0.39 is 0 Å². The van der Waals surface area contributed by atoms with E-state index >= 15 is 0 Å². The van der Waals surface area contributed by atoms with E-state index in [0.29, 0.717) is 25.3 Å². The average Bonchev–Trinajstić information content (AvgIpc) is 3.01. The highest BCUT2D eigenvalue weighted by atomic mass is 16.5. The number of benzene rings is 2. The number of amides is 1. The van der Waals surface area contributed by atoms with E-state index in [1.54, 1.807) is 6.92 Å². The van der Waals surface area contributed by atoms with Crippen molar-refractivity contribution in [3.05, 3.63) is 71.6 Å². The van der Waals surface area contributed by atoms with Crippen molar-refractivity contribution < 1.29 is 9.53 Å². The summed E-state index contributed by atoms with van der Waals surface area (Å²) < 4.78 is 8.10. The Kier molecular flexibility index (Phi) is 5.60. The van der Waals surface area contributed by atoms with Crippen LogP contribution in [0.4, 0.5) is 0 Å². The van der Waals surface area contributed by atoms with Crippen molar-refractivity contribution in [2.45, 2.75) is 33.9 Å². The Bertz CT molecular complexity index is 988. The van der Waals surface area contributed by atoms with Gasteiger partial charge in [0.05, 0.1) is 24.1 Å². The summed E-state index contributed by atoms with van der Waals surface area (Å²) in [5.74, 6) is 1.53. The Morgan fingerprint density at radius 1 is 1.19 bits per heavy atom. The summed E-state index contributed by atoms with van der Waals surface area (Å²) >= 11 is 0. The monoisotopic (exact) mass is 363 g/mol. The highest BCUT2D eigenvalue weighted by molar-refractivity contribution is 5.92. The van der Waals surface area contributed by atoms with Gasteiger partial charge in [-0.05, 0) is 50.1 Å². The molecule has 0 fully saturated rings. The summed E-state index contributed by atoms with van der Waals surface area (Å²) in [6.45, 7) is 11.0. The topological polar surface area (TPSA) is 56.2 Å². The number of nitrogens with one attached hydrogen (secondary N) is 1. The van der Waals surface area contributed by atoms with Gasteiger partial charge >= 0.3 is 0 Å². The lowest BCUT2D eigenvalue weighted by atomic mass is 10.1. The van der Waals surface area contributed by atoms with Crippen LogP contribution in [0.1, 0.15) is 23.9 Å². The van der Waals surface area contributed by atoms with Crippen LogP contribution in [0.3, 0.4) is 0 Å². The maximum Gasteiger partial charge on any atom is 0.246 e. The molecule has 1 aromatic heterocycles. The molecule has 1 heterocycles. The summed E-state index contributed by atoms with van der Waals surface area (Å²) in [6, 6.07) is 14.0. The molecule has 5 heteroatoms. The van der Waals surface area contributed by atoms with Gasteiger partial charge in [-0.15, -0.1) is 0 Å². The first kappa shape index (κ1) is 18.7. The van der Waals surface area contributed by atoms with E-state index in [-0.39, 0.29) is 5.91 Å². The van der Waals surface area contributed by atoms with E-state index in [2.05, 4.69) is 41.4 Å². The predicted molar refractivity (Wildman–Crippen MR) is 108 cm³/mol. The zero-order valence-electron chi connectivity index (χ0n) is 16.1. The molecular weight excluding hydrogens is 338 g/mol. The lowest BCUT2D eigenvalue weighted by Gasteiger charge is -2.13. The Hall–Kier alpha value is -3.08. The van der Waals surface area contributed by atoms with Gasteiger partial charge in [0.25, 0.3) is 0 Å². The van der Waals surface area contributed by atoms with Crippen LogP contribution in [-0.4, -0.2) is 22.1 Å². The molecule has 140 valence electrons. The lowest BCUT2D eigenvalue weighted by molar-refractivity contribution is -0.117. The number of hydrogen-bond donors (Lipinski definition) is 1.